The van der Waals surface area contributed by atoms with E-state index in [0.29, 0.717) is 40.7 Å². The van der Waals surface area contributed by atoms with E-state index in [9.17, 15) is 0 Å². The Balaban J connectivity index is 0.668. The fraction of sp³-hybridized carbons (Fsp3) is 0.0187. The zero-order valence-corrected chi connectivity index (χ0v) is 68.4. The van der Waals surface area contributed by atoms with Crippen molar-refractivity contribution >= 4 is 158 Å². The lowest BCUT2D eigenvalue weighted by molar-refractivity contribution is 0.918. The molecule has 9 heterocycles. The van der Waals surface area contributed by atoms with Crippen LogP contribution in [0, 0.1) is 0 Å². The maximum atomic E-state index is 5.80. The molecule has 0 unspecified atom stereocenters. The quantitative estimate of drug-likeness (QED) is 0.0740. The van der Waals surface area contributed by atoms with E-state index in [-0.39, 0.29) is 0 Å². The number of fused-ring (bicyclic) bond motifs is 18. The molecule has 24 aromatic rings. The summed E-state index contributed by atoms with van der Waals surface area (Å²) in [6.45, 7) is 0. The summed E-state index contributed by atoms with van der Waals surface area (Å²) in [5, 5.41) is 12.3. The molecule has 0 N–H and O–H groups in total. The first-order chi connectivity index (χ1) is 61.0. The Morgan fingerprint density at radius 2 is 0.569 bits per heavy atom. The van der Waals surface area contributed by atoms with Gasteiger partial charge in [-0.1, -0.05) is 315 Å². The van der Waals surface area contributed by atoms with E-state index >= 15 is 0 Å². The molecule has 16 heteroatoms. The van der Waals surface area contributed by atoms with Crippen molar-refractivity contribution in [2.24, 2.45) is 0 Å². The first-order valence-corrected chi connectivity index (χ1v) is 45.8. The summed E-state index contributed by atoms with van der Waals surface area (Å²) in [5.74, 6) is 6.16. The minimum atomic E-state index is -3.02. The van der Waals surface area contributed by atoms with Crippen LogP contribution in [0.15, 0.2) is 406 Å². The molecule has 0 saturated heterocycles. The molecular formula is C107H72N14Si2. The zero-order valence-electron chi connectivity index (χ0n) is 66.4. The van der Waals surface area contributed by atoms with Crippen LogP contribution < -0.4 is 41.5 Å². The molecule has 0 bridgehead atoms. The maximum Gasteiger partial charge on any atom is 0.221 e. The smallest absolute Gasteiger partial charge is 0.221 e. The molecule has 1 aliphatic rings. The molecule has 0 radical (unpaired) electrons. The summed E-state index contributed by atoms with van der Waals surface area (Å²) < 4.78 is 15.9. The van der Waals surface area contributed by atoms with E-state index in [1.807, 2.05) is 0 Å². The normalized spacial score (nSPS) is 12.6. The van der Waals surface area contributed by atoms with E-state index in [1.54, 1.807) is 0 Å². The molecule has 0 spiro atoms. The Bertz CT molecular complexity index is 8200. The highest BCUT2D eigenvalue weighted by Crippen LogP contribution is 2.40. The number of allylic oxidation sites excluding steroid dienone is 1. The van der Waals surface area contributed by atoms with Gasteiger partial charge in [0.05, 0.1) is 77.6 Å². The van der Waals surface area contributed by atoms with Crippen molar-refractivity contribution in [2.75, 3.05) is 0 Å². The highest BCUT2D eigenvalue weighted by atomic mass is 28.3. The third kappa shape index (κ3) is 10.7. The van der Waals surface area contributed by atoms with Crippen molar-refractivity contribution < 1.29 is 0 Å². The van der Waals surface area contributed by atoms with Gasteiger partial charge in [0, 0.05) is 34.0 Å². The van der Waals surface area contributed by atoms with Crippen LogP contribution in [0.25, 0.3) is 158 Å². The molecule has 9 aromatic heterocycles. The summed E-state index contributed by atoms with van der Waals surface area (Å²) in [5.41, 5.74) is 17.7. The lowest BCUT2D eigenvalue weighted by Gasteiger charge is -2.34. The monoisotopic (exact) mass is 1610 g/mol. The van der Waals surface area contributed by atoms with Crippen LogP contribution >= 0.6 is 0 Å². The largest absolute Gasteiger partial charge is 0.294 e. The van der Waals surface area contributed by atoms with E-state index in [2.05, 4.69) is 444 Å². The lowest BCUT2D eigenvalue weighted by atomic mass is 10.0. The molecule has 15 aromatic carbocycles. The van der Waals surface area contributed by atoms with Gasteiger partial charge in [-0.25, -0.2) is 34.9 Å². The molecule has 0 atom stereocenters. The van der Waals surface area contributed by atoms with Crippen LogP contribution in [0.3, 0.4) is 0 Å². The Kier molecular flexibility index (Phi) is 15.8. The molecule has 0 aliphatic heterocycles. The summed E-state index contributed by atoms with van der Waals surface area (Å²) in [6, 6.07) is 145. The van der Waals surface area contributed by atoms with Gasteiger partial charge in [0.1, 0.15) is 23.3 Å². The van der Waals surface area contributed by atoms with Crippen molar-refractivity contribution in [3.8, 4) is 57.2 Å². The highest BCUT2D eigenvalue weighted by molar-refractivity contribution is 7.20. The van der Waals surface area contributed by atoms with Gasteiger partial charge in [-0.3, -0.25) is 31.5 Å². The Hall–Kier alpha value is -16.0. The first kappa shape index (κ1) is 70.0. The van der Waals surface area contributed by atoms with Crippen molar-refractivity contribution in [1.82, 2.24) is 66.4 Å². The van der Waals surface area contributed by atoms with Crippen molar-refractivity contribution in [2.45, 2.75) is 12.8 Å². The summed E-state index contributed by atoms with van der Waals surface area (Å²) in [4.78, 5) is 39.7. The van der Waals surface area contributed by atoms with Crippen LogP contribution in [-0.2, 0) is 6.42 Å². The van der Waals surface area contributed by atoms with E-state index in [1.165, 1.54) is 47.2 Å². The van der Waals surface area contributed by atoms with Gasteiger partial charge in [-0.15, -0.1) is 0 Å². The van der Waals surface area contributed by atoms with Gasteiger partial charge < -0.3 is 0 Å². The number of hydrogen-bond donors (Lipinski definition) is 0. The van der Waals surface area contributed by atoms with E-state index in [0.717, 1.165) is 129 Å². The average molecular weight is 1610 g/mol. The molecule has 0 amide bonds. The van der Waals surface area contributed by atoms with Gasteiger partial charge in [-0.2, -0.15) is 0 Å². The molecule has 123 heavy (non-hydrogen) atoms. The molecule has 25 rings (SSSR count). The van der Waals surface area contributed by atoms with Crippen molar-refractivity contribution in [3.05, 3.63) is 418 Å². The number of aryl methyl sites for hydroxylation is 1. The molecular weight excluding hydrogens is 1540 g/mol. The predicted molar refractivity (Wildman–Crippen MR) is 505 cm³/mol. The SMILES string of the molecule is C1=Cc2nc3n(-c4cc(-n5c6ccccc6n6c7ccc(-c8ccc9c(c8)c8ccccc8n9-c8cc(-n9c%10ccccc%10n%10c%11ccccc%11nc9%10)nc(-c9cccc([Si](c%10ccccc%10)(c%10ccccc%10)c%10ccccc%10)c9)n8)cc7nc56)nc(-c5cccc([Si](c6ccccc6)(c6ccccc6)c6ccccc6)c5)n4)c4ccccc4n3c2CC1. The minimum absolute atomic E-state index is 0.569. The van der Waals surface area contributed by atoms with Crippen LogP contribution in [0.2, 0.25) is 0 Å². The highest BCUT2D eigenvalue weighted by Gasteiger charge is 2.44. The maximum absolute atomic E-state index is 5.80. The summed E-state index contributed by atoms with van der Waals surface area (Å²) in [6.07, 6.45) is 6.21. The number of rotatable bonds is 15. The summed E-state index contributed by atoms with van der Waals surface area (Å²) in [7, 11) is -6.02. The topological polar surface area (TPSA) is 123 Å². The number of benzene rings is 15. The van der Waals surface area contributed by atoms with E-state index < -0.39 is 16.1 Å². The lowest BCUT2D eigenvalue weighted by Crippen LogP contribution is -2.74. The Morgan fingerprint density at radius 3 is 1.04 bits per heavy atom. The third-order valence-corrected chi connectivity index (χ3v) is 34.9. The number of hydrogen-bond acceptors (Lipinski definition) is 7. The number of para-hydroxylation sites is 9. The van der Waals surface area contributed by atoms with Crippen LogP contribution in [-0.4, -0.2) is 82.5 Å². The molecule has 1 aliphatic carbocycles. The Labute approximate surface area is 707 Å². The van der Waals surface area contributed by atoms with Crippen molar-refractivity contribution in [1.29, 1.82) is 0 Å². The van der Waals surface area contributed by atoms with Gasteiger partial charge in [0.15, 0.2) is 27.8 Å². The van der Waals surface area contributed by atoms with Gasteiger partial charge in [0.25, 0.3) is 0 Å². The molecule has 578 valence electrons. The van der Waals surface area contributed by atoms with Crippen LogP contribution in [0.5, 0.6) is 0 Å². The van der Waals surface area contributed by atoms with Crippen molar-refractivity contribution in [3.63, 3.8) is 0 Å². The average Bonchev–Trinajstić information content (AvgIpc) is 1.65. The zero-order chi connectivity index (χ0) is 80.9. The fourth-order valence-corrected chi connectivity index (χ4v) is 29.7. The summed E-state index contributed by atoms with van der Waals surface area (Å²) >= 11 is 0. The van der Waals surface area contributed by atoms with Gasteiger partial charge >= 0.3 is 0 Å². The standard InChI is InChI=1S/C107H72N14Si2/c1-7-35-75(36-8-1)122(76-37-9-2-10-38-76,77-39-11-3-12-40-77)81-47-31-33-73(65-81)103-111-99(69-100(112-103)119-96-58-28-25-55-93(96)116-90-53-23-20-50-85(90)108-105(116)119)115-88-52-22-19-49-83(88)84-67-71(61-63-89(84)115)72-62-64-92-87(68-72)110-107-118(92)95-57-27-30-60-98(95)121(107)102-70-101(120-97-59-29-26-56-94(97)117-91-54-24-21-51-86(91)109-106(117)120)113-104(114-102)74-34-32-48-82(66-74)123(78-41-13-4-14-42-78,79-43-15-5-16-44-79)80-45-17-6-18-46-80/h1-23,25-53,55-70H,24,54H2. The number of imidazole rings is 6. The van der Waals surface area contributed by atoms with E-state index in [4.69, 9.17) is 34.9 Å². The molecule has 0 fully saturated rings. The minimum Gasteiger partial charge on any atom is -0.294 e. The number of aromatic nitrogens is 14. The predicted octanol–water partition coefficient (Wildman–Crippen LogP) is 18.2. The van der Waals surface area contributed by atoms with Crippen LogP contribution in [0.4, 0.5) is 0 Å². The van der Waals surface area contributed by atoms with Gasteiger partial charge in [-0.05, 0) is 150 Å². The second-order valence-electron chi connectivity index (χ2n) is 31.9. The third-order valence-electron chi connectivity index (χ3n) is 25.3. The van der Waals surface area contributed by atoms with Gasteiger partial charge in [0.2, 0.25) is 17.3 Å². The Morgan fingerprint density at radius 1 is 0.220 bits per heavy atom. The molecule has 14 nitrogen and oxygen atoms in total. The van der Waals surface area contributed by atoms with Crippen LogP contribution in [0.1, 0.15) is 17.8 Å². The first-order valence-electron chi connectivity index (χ1n) is 41.8. The second-order valence-corrected chi connectivity index (χ2v) is 39.6. The fourth-order valence-electron chi connectivity index (χ4n) is 20.1. The number of nitrogens with zero attached hydrogens (tertiary/aromatic N) is 14. The second kappa shape index (κ2) is 27.8. The molecule has 0 saturated carbocycles.